The molecule has 5 rings (SSSR count). The van der Waals surface area contributed by atoms with Gasteiger partial charge in [-0.1, -0.05) is 12.1 Å². The molecular formula is C21H21N5. The van der Waals surface area contributed by atoms with Gasteiger partial charge in [0.25, 0.3) is 0 Å². The molecule has 130 valence electrons. The minimum Gasteiger partial charge on any atom is -0.381 e. The average molecular weight is 343 g/mol. The summed E-state index contributed by atoms with van der Waals surface area (Å²) in [4.78, 5) is 9.16. The summed E-state index contributed by atoms with van der Waals surface area (Å²) in [6.07, 6.45) is 6.76. The van der Waals surface area contributed by atoms with E-state index in [-0.39, 0.29) is 0 Å². The first-order valence-corrected chi connectivity index (χ1v) is 9.05. The minimum absolute atomic E-state index is 0.465. The zero-order valence-electron chi connectivity index (χ0n) is 14.7. The fraction of sp³-hybridized carbons (Fsp3) is 0.238. The maximum absolute atomic E-state index is 4.61. The third-order valence-corrected chi connectivity index (χ3v) is 5.20. The first-order valence-electron chi connectivity index (χ1n) is 9.05. The van der Waals surface area contributed by atoms with Crippen molar-refractivity contribution in [3.63, 3.8) is 0 Å². The molecule has 2 aromatic carbocycles. The molecule has 0 unspecified atom stereocenters. The molecule has 5 heteroatoms. The highest BCUT2D eigenvalue weighted by Crippen LogP contribution is 2.32. The second-order valence-electron chi connectivity index (χ2n) is 6.98. The fourth-order valence-electron chi connectivity index (χ4n) is 3.82. The van der Waals surface area contributed by atoms with E-state index in [1.54, 1.807) is 12.4 Å². The lowest BCUT2D eigenvalue weighted by molar-refractivity contribution is 0.793. The van der Waals surface area contributed by atoms with E-state index in [1.165, 1.54) is 10.9 Å². The van der Waals surface area contributed by atoms with E-state index in [4.69, 9.17) is 0 Å². The topological polar surface area (TPSA) is 54.8 Å². The van der Waals surface area contributed by atoms with Crippen LogP contribution in [-0.2, 0) is 7.05 Å². The molecule has 0 aliphatic carbocycles. The zero-order valence-corrected chi connectivity index (χ0v) is 14.7. The molecule has 1 aliphatic rings. The van der Waals surface area contributed by atoms with Crippen molar-refractivity contribution in [2.24, 2.45) is 7.05 Å². The van der Waals surface area contributed by atoms with Crippen molar-refractivity contribution >= 4 is 27.6 Å². The van der Waals surface area contributed by atoms with E-state index >= 15 is 0 Å². The van der Waals surface area contributed by atoms with E-state index in [0.717, 1.165) is 47.4 Å². The molecule has 2 aromatic heterocycles. The van der Waals surface area contributed by atoms with Crippen molar-refractivity contribution in [3.8, 4) is 11.1 Å². The van der Waals surface area contributed by atoms with Crippen LogP contribution in [0.2, 0.25) is 0 Å². The van der Waals surface area contributed by atoms with Crippen LogP contribution in [0.15, 0.2) is 55.0 Å². The second kappa shape index (κ2) is 6.11. The van der Waals surface area contributed by atoms with Gasteiger partial charge in [-0.3, -0.25) is 9.97 Å². The maximum Gasteiger partial charge on any atom is 0.0966 e. The number of hydrogen-bond acceptors (Lipinski definition) is 4. The maximum atomic E-state index is 4.61. The van der Waals surface area contributed by atoms with E-state index in [0.29, 0.717) is 6.04 Å². The molecule has 1 aliphatic heterocycles. The summed E-state index contributed by atoms with van der Waals surface area (Å²) >= 11 is 0. The summed E-state index contributed by atoms with van der Waals surface area (Å²) in [6, 6.07) is 13.5. The Morgan fingerprint density at radius 2 is 2.04 bits per heavy atom. The van der Waals surface area contributed by atoms with Gasteiger partial charge in [0, 0.05) is 55.0 Å². The number of rotatable bonds is 3. The van der Waals surface area contributed by atoms with Gasteiger partial charge in [-0.2, -0.15) is 0 Å². The van der Waals surface area contributed by atoms with Gasteiger partial charge in [-0.05, 0) is 48.2 Å². The number of anilines is 1. The molecule has 0 spiro atoms. The average Bonchev–Trinajstić information content (AvgIpc) is 3.31. The van der Waals surface area contributed by atoms with Crippen molar-refractivity contribution in [1.82, 2.24) is 19.9 Å². The number of nitrogens with zero attached hydrogens (tertiary/aromatic N) is 3. The molecule has 0 amide bonds. The van der Waals surface area contributed by atoms with E-state index in [2.05, 4.69) is 74.8 Å². The first-order chi connectivity index (χ1) is 12.8. The van der Waals surface area contributed by atoms with Crippen LogP contribution in [0.4, 0.5) is 5.69 Å². The molecule has 0 bridgehead atoms. The highest BCUT2D eigenvalue weighted by molar-refractivity contribution is 5.97. The molecular weight excluding hydrogens is 322 g/mol. The third-order valence-electron chi connectivity index (χ3n) is 5.20. The number of hydrogen-bond donors (Lipinski definition) is 2. The number of aromatic nitrogens is 3. The van der Waals surface area contributed by atoms with Gasteiger partial charge in [-0.15, -0.1) is 0 Å². The first kappa shape index (κ1) is 15.3. The van der Waals surface area contributed by atoms with Crippen LogP contribution < -0.4 is 10.6 Å². The van der Waals surface area contributed by atoms with Crippen LogP contribution in [0, 0.1) is 0 Å². The fourth-order valence-corrected chi connectivity index (χ4v) is 3.82. The smallest absolute Gasteiger partial charge is 0.0966 e. The number of fused-ring (bicyclic) bond motifs is 2. The largest absolute Gasteiger partial charge is 0.381 e. The molecule has 1 atom stereocenters. The molecule has 4 aromatic rings. The standard InChI is InChI=1S/C21H21N5/c1-26-9-5-14-2-3-15(10-20(14)26)18-11-17(25-16-4-6-22-13-16)12-19-21(18)24-8-7-23-19/h2-3,5,7-12,16,22,25H,4,6,13H2,1H3/t16-/m0/s1. The lowest BCUT2D eigenvalue weighted by atomic mass is 10.0. The predicted molar refractivity (Wildman–Crippen MR) is 106 cm³/mol. The van der Waals surface area contributed by atoms with Crippen molar-refractivity contribution in [1.29, 1.82) is 0 Å². The van der Waals surface area contributed by atoms with Crippen LogP contribution in [0.3, 0.4) is 0 Å². The monoisotopic (exact) mass is 343 g/mol. The van der Waals surface area contributed by atoms with Crippen molar-refractivity contribution < 1.29 is 0 Å². The Hall–Kier alpha value is -2.92. The van der Waals surface area contributed by atoms with Gasteiger partial charge in [0.2, 0.25) is 0 Å². The lowest BCUT2D eigenvalue weighted by Crippen LogP contribution is -2.22. The van der Waals surface area contributed by atoms with E-state index in [1.807, 2.05) is 0 Å². The van der Waals surface area contributed by atoms with Gasteiger partial charge in [-0.25, -0.2) is 0 Å². The predicted octanol–water partition coefficient (Wildman–Crippen LogP) is 3.56. The number of benzene rings is 2. The highest BCUT2D eigenvalue weighted by atomic mass is 15.0. The number of aryl methyl sites for hydroxylation is 1. The molecule has 3 heterocycles. The van der Waals surface area contributed by atoms with Gasteiger partial charge >= 0.3 is 0 Å². The molecule has 0 radical (unpaired) electrons. The van der Waals surface area contributed by atoms with Gasteiger partial charge in [0.1, 0.15) is 0 Å². The highest BCUT2D eigenvalue weighted by Gasteiger charge is 2.16. The van der Waals surface area contributed by atoms with Crippen molar-refractivity contribution in [3.05, 3.63) is 55.0 Å². The Bertz CT molecular complexity index is 1090. The Balaban J connectivity index is 1.67. The minimum atomic E-state index is 0.465. The van der Waals surface area contributed by atoms with Crippen LogP contribution in [-0.4, -0.2) is 33.7 Å². The Labute approximate surface area is 152 Å². The van der Waals surface area contributed by atoms with Crippen molar-refractivity contribution in [2.45, 2.75) is 12.5 Å². The molecule has 1 fully saturated rings. The normalized spacial score (nSPS) is 17.2. The molecule has 2 N–H and O–H groups in total. The summed E-state index contributed by atoms with van der Waals surface area (Å²) in [5.74, 6) is 0. The molecule has 1 saturated heterocycles. The molecule has 5 nitrogen and oxygen atoms in total. The summed E-state index contributed by atoms with van der Waals surface area (Å²) < 4.78 is 2.15. The lowest BCUT2D eigenvalue weighted by Gasteiger charge is -2.15. The molecule has 26 heavy (non-hydrogen) atoms. The Kier molecular flexibility index (Phi) is 3.60. The van der Waals surface area contributed by atoms with Gasteiger partial charge in [0.05, 0.1) is 11.0 Å². The van der Waals surface area contributed by atoms with Crippen LogP contribution in [0.25, 0.3) is 33.1 Å². The Morgan fingerprint density at radius 1 is 1.12 bits per heavy atom. The van der Waals surface area contributed by atoms with Crippen LogP contribution >= 0.6 is 0 Å². The summed E-state index contributed by atoms with van der Waals surface area (Å²) in [7, 11) is 2.08. The summed E-state index contributed by atoms with van der Waals surface area (Å²) in [5, 5.41) is 8.31. The van der Waals surface area contributed by atoms with Crippen LogP contribution in [0.5, 0.6) is 0 Å². The van der Waals surface area contributed by atoms with E-state index in [9.17, 15) is 0 Å². The summed E-state index contributed by atoms with van der Waals surface area (Å²) in [6.45, 7) is 2.07. The molecule has 0 saturated carbocycles. The van der Waals surface area contributed by atoms with Crippen LogP contribution in [0.1, 0.15) is 6.42 Å². The van der Waals surface area contributed by atoms with E-state index < -0.39 is 0 Å². The van der Waals surface area contributed by atoms with Gasteiger partial charge < -0.3 is 15.2 Å². The SMILES string of the molecule is Cn1ccc2ccc(-c3cc(N[C@H]4CCNC4)cc4nccnc34)cc21. The third kappa shape index (κ3) is 2.61. The quantitative estimate of drug-likeness (QED) is 0.597. The second-order valence-corrected chi connectivity index (χ2v) is 6.98. The van der Waals surface area contributed by atoms with Gasteiger partial charge in [0.15, 0.2) is 0 Å². The van der Waals surface area contributed by atoms with Crippen molar-refractivity contribution in [2.75, 3.05) is 18.4 Å². The zero-order chi connectivity index (χ0) is 17.5. The summed E-state index contributed by atoms with van der Waals surface area (Å²) in [5.41, 5.74) is 6.47. The Morgan fingerprint density at radius 3 is 2.92 bits per heavy atom. The number of nitrogens with one attached hydrogen (secondary N) is 2.